The Kier molecular flexibility index (Phi) is 5.60. The summed E-state index contributed by atoms with van der Waals surface area (Å²) in [6.45, 7) is 1.59. The van der Waals surface area contributed by atoms with Crippen LogP contribution in [-0.2, 0) is 6.18 Å². The number of benzene rings is 1. The third-order valence-corrected chi connectivity index (χ3v) is 6.63. The minimum atomic E-state index is -4.69. The van der Waals surface area contributed by atoms with E-state index < -0.39 is 17.6 Å². The molecule has 2 N–H and O–H groups in total. The minimum absolute atomic E-state index is 0.00526. The smallest absolute Gasteiger partial charge is 0.417 e. The summed E-state index contributed by atoms with van der Waals surface area (Å²) in [5.41, 5.74) is 5.42. The van der Waals surface area contributed by atoms with Gasteiger partial charge in [0.05, 0.1) is 39.7 Å². The molecule has 3 aromatic heterocycles. The van der Waals surface area contributed by atoms with Gasteiger partial charge < -0.3 is 10.8 Å². The van der Waals surface area contributed by atoms with Crippen LogP contribution in [0.5, 0.6) is 0 Å². The zero-order valence-electron chi connectivity index (χ0n) is 17.7. The van der Waals surface area contributed by atoms with Crippen molar-refractivity contribution in [3.63, 3.8) is 0 Å². The van der Waals surface area contributed by atoms with Crippen molar-refractivity contribution < 1.29 is 27.6 Å². The summed E-state index contributed by atoms with van der Waals surface area (Å²) in [6, 6.07) is 9.44. The molecule has 34 heavy (non-hydrogen) atoms. The highest BCUT2D eigenvalue weighted by atomic mass is 32.1. The van der Waals surface area contributed by atoms with Gasteiger partial charge in [-0.25, -0.2) is 9.98 Å². The van der Waals surface area contributed by atoms with Crippen molar-refractivity contribution in [3.8, 4) is 11.3 Å². The lowest BCUT2D eigenvalue weighted by Crippen LogP contribution is -2.60. The quantitative estimate of drug-likeness (QED) is 0.268. The molecule has 12 heteroatoms. The van der Waals surface area contributed by atoms with Crippen molar-refractivity contribution >= 4 is 39.0 Å². The van der Waals surface area contributed by atoms with Gasteiger partial charge in [-0.3, -0.25) is 4.52 Å². The molecule has 1 fully saturated rings. The maximum absolute atomic E-state index is 13.9. The molecule has 1 aliphatic rings. The molecule has 0 radical (unpaired) electrons. The van der Waals surface area contributed by atoms with Crippen molar-refractivity contribution in [1.82, 2.24) is 10.3 Å². The predicted molar refractivity (Wildman–Crippen MR) is 119 cm³/mol. The number of thiophene rings is 1. The van der Waals surface area contributed by atoms with Gasteiger partial charge in [0.2, 0.25) is 5.27 Å². The van der Waals surface area contributed by atoms with Gasteiger partial charge in [-0.2, -0.15) is 18.2 Å². The second kappa shape index (κ2) is 8.60. The number of hydrogen-bond donors (Lipinski definition) is 1. The van der Waals surface area contributed by atoms with E-state index in [9.17, 15) is 18.3 Å². The molecule has 1 aromatic carbocycles. The van der Waals surface area contributed by atoms with Gasteiger partial charge in [0.1, 0.15) is 4.83 Å². The number of alkyl halides is 3. The third kappa shape index (κ3) is 4.16. The molecule has 0 bridgehead atoms. The molecule has 4 heterocycles. The van der Waals surface area contributed by atoms with E-state index in [1.165, 1.54) is 11.0 Å². The Labute approximate surface area is 195 Å². The number of nitrogen functional groups attached to an aromatic ring is 1. The molecule has 0 spiro atoms. The predicted octanol–water partition coefficient (Wildman–Crippen LogP) is 3.40. The monoisotopic (exact) mass is 488 g/mol. The number of halogens is 3. The maximum atomic E-state index is 13.9. The molecule has 0 unspecified atom stereocenters. The molecule has 1 aliphatic heterocycles. The van der Waals surface area contributed by atoms with E-state index in [4.69, 9.17) is 10.3 Å². The lowest BCUT2D eigenvalue weighted by Gasteiger charge is -2.17. The average molecular weight is 488 g/mol. The summed E-state index contributed by atoms with van der Waals surface area (Å²) >= 11 is 0.767. The van der Waals surface area contributed by atoms with E-state index in [-0.39, 0.29) is 32.4 Å². The van der Waals surface area contributed by atoms with E-state index in [0.717, 1.165) is 49.8 Å². The summed E-state index contributed by atoms with van der Waals surface area (Å²) in [5, 5.41) is 18.4. The molecule has 176 valence electrons. The van der Waals surface area contributed by atoms with E-state index >= 15 is 0 Å². The first-order chi connectivity index (χ1) is 16.3. The number of nitrogens with two attached hydrogens (primary N) is 1. The van der Waals surface area contributed by atoms with Gasteiger partial charge in [0.15, 0.2) is 0 Å². The molecule has 0 saturated carbocycles. The Balaban J connectivity index is 1.56. The van der Waals surface area contributed by atoms with E-state index in [1.54, 1.807) is 30.3 Å². The highest BCUT2D eigenvalue weighted by molar-refractivity contribution is 7.21. The second-order valence-corrected chi connectivity index (χ2v) is 8.83. The summed E-state index contributed by atoms with van der Waals surface area (Å²) < 4.78 is 46.9. The number of hydrogen-bond acceptors (Lipinski definition) is 8. The van der Waals surface area contributed by atoms with Crippen molar-refractivity contribution in [2.45, 2.75) is 25.4 Å². The number of piperidine rings is 1. The molecular formula is C22H19F3N6O2S. The minimum Gasteiger partial charge on any atom is -0.857 e. The number of rotatable bonds is 4. The fourth-order valence-corrected chi connectivity index (χ4v) is 4.91. The highest BCUT2D eigenvalue weighted by Gasteiger charge is 2.36. The molecular weight excluding hydrogens is 469 g/mol. The van der Waals surface area contributed by atoms with Gasteiger partial charge in [-0.15, -0.1) is 11.3 Å². The van der Waals surface area contributed by atoms with Gasteiger partial charge in [0.25, 0.3) is 6.20 Å². The molecule has 4 aromatic rings. The number of pyridine rings is 1. The molecule has 0 amide bonds. The number of anilines is 1. The van der Waals surface area contributed by atoms with Crippen molar-refractivity contribution in [2.24, 2.45) is 4.99 Å². The Morgan fingerprint density at radius 1 is 1.18 bits per heavy atom. The lowest BCUT2D eigenvalue weighted by atomic mass is 10.1. The largest absolute Gasteiger partial charge is 0.857 e. The first kappa shape index (κ1) is 22.1. The molecule has 8 nitrogen and oxygen atoms in total. The molecule has 0 aliphatic carbocycles. The van der Waals surface area contributed by atoms with Crippen LogP contribution in [0.1, 0.15) is 29.7 Å². The van der Waals surface area contributed by atoms with Crippen LogP contribution >= 0.6 is 11.3 Å². The zero-order chi connectivity index (χ0) is 23.9. The van der Waals surface area contributed by atoms with Crippen LogP contribution in [0.2, 0.25) is 0 Å². The fourth-order valence-electron chi connectivity index (χ4n) is 3.91. The van der Waals surface area contributed by atoms with Gasteiger partial charge in [0, 0.05) is 16.8 Å². The fraction of sp³-hybridized carbons (Fsp3) is 0.273. The number of aliphatic imine (C=N–C) groups is 1. The highest BCUT2D eigenvalue weighted by Crippen LogP contribution is 2.43. The van der Waals surface area contributed by atoms with Crippen molar-refractivity contribution in [3.05, 3.63) is 53.0 Å². The van der Waals surface area contributed by atoms with Crippen molar-refractivity contribution in [1.29, 1.82) is 0 Å². The summed E-state index contributed by atoms with van der Waals surface area (Å²) in [7, 11) is 0. The van der Waals surface area contributed by atoms with Gasteiger partial charge in [-0.1, -0.05) is 30.3 Å². The number of aromatic nitrogens is 3. The third-order valence-electron chi connectivity index (χ3n) is 5.55. The van der Waals surface area contributed by atoms with E-state index in [1.807, 2.05) is 5.01 Å². The molecule has 5 rings (SSSR count). The van der Waals surface area contributed by atoms with Crippen LogP contribution in [0.15, 0.2) is 52.1 Å². The van der Waals surface area contributed by atoms with Gasteiger partial charge in [-0.05, 0) is 25.3 Å². The first-order valence-electron chi connectivity index (χ1n) is 10.6. The Morgan fingerprint density at radius 3 is 2.62 bits per heavy atom. The maximum Gasteiger partial charge on any atom is 0.417 e. The SMILES string of the molecule is Nc1c(/C([O-])=N/c2c[n+](N3CCCCC3)no2)sc2nc(-c3ccccc3)cc(C(F)(F)F)c12. The number of nitrogens with zero attached hydrogens (tertiary/aromatic N) is 5. The summed E-state index contributed by atoms with van der Waals surface area (Å²) in [4.78, 5) is 9.58. The van der Waals surface area contributed by atoms with E-state index in [2.05, 4.69) is 15.2 Å². The van der Waals surface area contributed by atoms with Crippen molar-refractivity contribution in [2.75, 3.05) is 23.8 Å². The molecule has 1 saturated heterocycles. The van der Waals surface area contributed by atoms with Crippen LogP contribution < -0.4 is 20.6 Å². The normalized spacial score (nSPS) is 15.3. The topological polar surface area (TPSA) is 107 Å². The summed E-state index contributed by atoms with van der Waals surface area (Å²) in [6.07, 6.45) is -0.0656. The van der Waals surface area contributed by atoms with Gasteiger partial charge >= 0.3 is 12.1 Å². The Morgan fingerprint density at radius 2 is 1.91 bits per heavy atom. The van der Waals surface area contributed by atoms with E-state index in [0.29, 0.717) is 5.56 Å². The standard InChI is InChI=1S/C22H19F3N6O2S/c23-22(24,25)14-11-15(13-7-3-1-4-8-13)27-21-17(14)18(26)19(34-21)20(32)28-16-12-31(29-33-16)30-9-5-2-6-10-30/h1,3-4,7-8,11-12H,2,5-6,9-10H2,(H2-,26,28,29,32). The average Bonchev–Trinajstić information content (AvgIpc) is 3.43. The van der Waals surface area contributed by atoms with Crippen LogP contribution in [0, 0.1) is 0 Å². The van der Waals surface area contributed by atoms with Crippen LogP contribution in [0.3, 0.4) is 0 Å². The Hall–Kier alpha value is -3.67. The lowest BCUT2D eigenvalue weighted by molar-refractivity contribution is -0.759. The zero-order valence-corrected chi connectivity index (χ0v) is 18.6. The molecule has 0 atom stereocenters. The summed E-state index contributed by atoms with van der Waals surface area (Å²) in [5.74, 6) is -0.891. The second-order valence-electron chi connectivity index (χ2n) is 7.84. The number of fused-ring (bicyclic) bond motifs is 1. The Bertz CT molecular complexity index is 1360. The van der Waals surface area contributed by atoms with Crippen LogP contribution in [-0.4, -0.2) is 29.2 Å². The van der Waals surface area contributed by atoms with Crippen LogP contribution in [0.4, 0.5) is 24.7 Å². The first-order valence-corrected chi connectivity index (χ1v) is 11.4. The van der Waals surface area contributed by atoms with Crippen LogP contribution in [0.25, 0.3) is 21.5 Å².